The van der Waals surface area contributed by atoms with E-state index < -0.39 is 0 Å². The summed E-state index contributed by atoms with van der Waals surface area (Å²) in [6.07, 6.45) is 0. The van der Waals surface area contributed by atoms with Gasteiger partial charge < -0.3 is 8.98 Å². The summed E-state index contributed by atoms with van der Waals surface area (Å²) in [7, 11) is 0. The van der Waals surface area contributed by atoms with Crippen LogP contribution in [0, 0.1) is 0 Å². The molecule has 0 aliphatic heterocycles. The lowest BCUT2D eigenvalue weighted by atomic mass is 10.1. The molecule has 3 aromatic heterocycles. The van der Waals surface area contributed by atoms with Crippen molar-refractivity contribution in [2.24, 2.45) is 0 Å². The Labute approximate surface area is 203 Å². The molecule has 0 saturated carbocycles. The van der Waals surface area contributed by atoms with Crippen LogP contribution in [-0.4, -0.2) is 4.57 Å². The van der Waals surface area contributed by atoms with Crippen molar-refractivity contribution in [1.29, 1.82) is 0 Å². The summed E-state index contributed by atoms with van der Waals surface area (Å²) in [6.45, 7) is 0. The molecule has 0 saturated heterocycles. The number of hydrogen-bond donors (Lipinski definition) is 0. The van der Waals surface area contributed by atoms with Crippen molar-refractivity contribution < 1.29 is 4.42 Å². The topological polar surface area (TPSA) is 18.1 Å². The molecule has 0 radical (unpaired) electrons. The second-order valence-electron chi connectivity index (χ2n) is 8.69. The number of furan rings is 1. The zero-order valence-corrected chi connectivity index (χ0v) is 19.5. The van der Waals surface area contributed by atoms with Crippen LogP contribution in [0.3, 0.4) is 0 Å². The largest absolute Gasteiger partial charge is 0.455 e. The van der Waals surface area contributed by atoms with E-state index in [2.05, 4.69) is 89.5 Å². The molecule has 4 heteroatoms. The average Bonchev–Trinajstić information content (AvgIpc) is 3.53. The van der Waals surface area contributed by atoms with Gasteiger partial charge in [-0.25, -0.2) is 0 Å². The Kier molecular flexibility index (Phi) is 3.63. The Balaban J connectivity index is 1.54. The number of rotatable bonds is 1. The van der Waals surface area contributed by atoms with Crippen LogP contribution in [0.15, 0.2) is 101 Å². The fourth-order valence-corrected chi connectivity index (χ4v) is 6.84. The molecule has 0 bridgehead atoms. The highest BCUT2D eigenvalue weighted by Gasteiger charge is 2.19. The third-order valence-electron chi connectivity index (χ3n) is 6.86. The fourth-order valence-electron chi connectivity index (χ4n) is 5.42. The second-order valence-corrected chi connectivity index (χ2v) is 10.1. The quantitative estimate of drug-likeness (QED) is 0.232. The van der Waals surface area contributed by atoms with Crippen molar-refractivity contribution in [3.05, 3.63) is 102 Å². The van der Waals surface area contributed by atoms with Gasteiger partial charge in [0.05, 0.1) is 20.8 Å². The molecule has 5 aromatic carbocycles. The van der Waals surface area contributed by atoms with E-state index in [-0.39, 0.29) is 0 Å². The average molecular weight is 474 g/mol. The van der Waals surface area contributed by atoms with E-state index in [9.17, 15) is 0 Å². The standard InChI is InChI=1S/C30H16ClNOS/c31-23-16-17(32-24-10-4-1-7-18(24)19-8-2-5-11-25(19)32)15-22-28-27(34-30(22)23)14-13-21-20-9-3-6-12-26(20)33-29(21)28/h1-16H. The van der Waals surface area contributed by atoms with Gasteiger partial charge in [0.2, 0.25) is 0 Å². The number of para-hydroxylation sites is 3. The molecule has 160 valence electrons. The molecule has 0 aliphatic carbocycles. The Morgan fingerprint density at radius 3 is 2.09 bits per heavy atom. The number of aromatic nitrogens is 1. The van der Waals surface area contributed by atoms with E-state index >= 15 is 0 Å². The highest BCUT2D eigenvalue weighted by atomic mass is 35.5. The highest BCUT2D eigenvalue weighted by Crippen LogP contribution is 2.45. The zero-order valence-electron chi connectivity index (χ0n) is 17.9. The molecular weight excluding hydrogens is 458 g/mol. The first-order valence-electron chi connectivity index (χ1n) is 11.2. The van der Waals surface area contributed by atoms with E-state index in [0.717, 1.165) is 48.1 Å². The summed E-state index contributed by atoms with van der Waals surface area (Å²) in [4.78, 5) is 0. The van der Waals surface area contributed by atoms with Crippen LogP contribution in [0.4, 0.5) is 0 Å². The van der Waals surface area contributed by atoms with Gasteiger partial charge in [-0.15, -0.1) is 11.3 Å². The number of benzene rings is 5. The van der Waals surface area contributed by atoms with E-state index in [1.807, 2.05) is 12.1 Å². The molecule has 0 spiro atoms. The fraction of sp³-hybridized carbons (Fsp3) is 0. The lowest BCUT2D eigenvalue weighted by Gasteiger charge is -2.09. The minimum absolute atomic E-state index is 0.764. The molecule has 0 amide bonds. The lowest BCUT2D eigenvalue weighted by Crippen LogP contribution is -1.93. The molecule has 0 N–H and O–H groups in total. The summed E-state index contributed by atoms with van der Waals surface area (Å²) in [6, 6.07) is 34.1. The molecule has 34 heavy (non-hydrogen) atoms. The van der Waals surface area contributed by atoms with Gasteiger partial charge in [-0.3, -0.25) is 0 Å². The molecular formula is C30H16ClNOS. The zero-order chi connectivity index (χ0) is 22.4. The molecule has 0 unspecified atom stereocenters. The van der Waals surface area contributed by atoms with Crippen molar-refractivity contribution >= 4 is 86.9 Å². The van der Waals surface area contributed by atoms with Crippen molar-refractivity contribution in [3.63, 3.8) is 0 Å². The maximum absolute atomic E-state index is 6.95. The van der Waals surface area contributed by atoms with Gasteiger partial charge in [-0.1, -0.05) is 66.2 Å². The van der Waals surface area contributed by atoms with Crippen molar-refractivity contribution in [3.8, 4) is 5.69 Å². The summed E-state index contributed by atoms with van der Waals surface area (Å²) < 4.78 is 11.0. The Hall–Kier alpha value is -3.79. The van der Waals surface area contributed by atoms with Crippen LogP contribution in [-0.2, 0) is 0 Å². The van der Waals surface area contributed by atoms with E-state index in [4.69, 9.17) is 16.0 Å². The molecule has 2 nitrogen and oxygen atoms in total. The lowest BCUT2D eigenvalue weighted by molar-refractivity contribution is 0.673. The van der Waals surface area contributed by atoms with Gasteiger partial charge in [0.15, 0.2) is 0 Å². The highest BCUT2D eigenvalue weighted by molar-refractivity contribution is 7.26. The number of hydrogen-bond acceptors (Lipinski definition) is 2. The first-order valence-corrected chi connectivity index (χ1v) is 12.4. The Morgan fingerprint density at radius 2 is 1.32 bits per heavy atom. The van der Waals surface area contributed by atoms with Gasteiger partial charge in [0.25, 0.3) is 0 Å². The van der Waals surface area contributed by atoms with Crippen LogP contribution in [0.5, 0.6) is 0 Å². The minimum Gasteiger partial charge on any atom is -0.455 e. The van der Waals surface area contributed by atoms with Crippen LogP contribution >= 0.6 is 22.9 Å². The monoisotopic (exact) mass is 473 g/mol. The molecule has 0 fully saturated rings. The van der Waals surface area contributed by atoms with Crippen molar-refractivity contribution in [2.45, 2.75) is 0 Å². The summed E-state index contributed by atoms with van der Waals surface area (Å²) in [5.41, 5.74) is 5.25. The van der Waals surface area contributed by atoms with Gasteiger partial charge in [0.1, 0.15) is 11.2 Å². The second kappa shape index (κ2) is 6.63. The van der Waals surface area contributed by atoms with Crippen LogP contribution in [0.2, 0.25) is 5.02 Å². The van der Waals surface area contributed by atoms with Gasteiger partial charge in [-0.2, -0.15) is 0 Å². The normalized spacial score (nSPS) is 12.3. The predicted molar refractivity (Wildman–Crippen MR) is 146 cm³/mol. The number of fused-ring (bicyclic) bond motifs is 10. The smallest absolute Gasteiger partial charge is 0.144 e. The van der Waals surface area contributed by atoms with Crippen LogP contribution < -0.4 is 0 Å². The van der Waals surface area contributed by atoms with Crippen molar-refractivity contribution in [2.75, 3.05) is 0 Å². The van der Waals surface area contributed by atoms with Gasteiger partial charge in [-0.05, 0) is 42.5 Å². The van der Waals surface area contributed by atoms with Crippen LogP contribution in [0.1, 0.15) is 0 Å². The number of nitrogens with zero attached hydrogens (tertiary/aromatic N) is 1. The molecule has 8 aromatic rings. The Morgan fingerprint density at radius 1 is 0.647 bits per heavy atom. The maximum atomic E-state index is 6.95. The number of thiophene rings is 1. The predicted octanol–water partition coefficient (Wildman–Crippen LogP) is 9.70. The third-order valence-corrected chi connectivity index (χ3v) is 8.47. The summed E-state index contributed by atoms with van der Waals surface area (Å²) in [5.74, 6) is 0. The SMILES string of the molecule is Clc1cc(-n2c3ccccc3c3ccccc32)cc2c1sc1ccc3c4ccccc4oc3c12. The maximum Gasteiger partial charge on any atom is 0.144 e. The van der Waals surface area contributed by atoms with E-state index in [1.54, 1.807) is 11.3 Å². The minimum atomic E-state index is 0.764. The third kappa shape index (κ3) is 2.35. The molecule has 0 atom stereocenters. The van der Waals surface area contributed by atoms with Crippen molar-refractivity contribution in [1.82, 2.24) is 4.57 Å². The Bertz CT molecular complexity index is 2040. The first-order chi connectivity index (χ1) is 16.8. The first kappa shape index (κ1) is 18.6. The van der Waals surface area contributed by atoms with E-state index in [1.165, 1.54) is 26.5 Å². The molecule has 3 heterocycles. The van der Waals surface area contributed by atoms with Crippen LogP contribution in [0.25, 0.3) is 69.6 Å². The summed E-state index contributed by atoms with van der Waals surface area (Å²) >= 11 is 8.67. The summed E-state index contributed by atoms with van der Waals surface area (Å²) in [5, 5.41) is 7.80. The molecule has 8 rings (SSSR count). The van der Waals surface area contributed by atoms with Gasteiger partial charge >= 0.3 is 0 Å². The number of halogens is 1. The molecule has 0 aliphatic rings. The van der Waals surface area contributed by atoms with Gasteiger partial charge in [0, 0.05) is 42.7 Å². The van der Waals surface area contributed by atoms with E-state index in [0.29, 0.717) is 0 Å².